The number of amides is 1. The summed E-state index contributed by atoms with van der Waals surface area (Å²) in [4.78, 5) is 12.6. The summed E-state index contributed by atoms with van der Waals surface area (Å²) in [6.07, 6.45) is 1.90. The van der Waals surface area contributed by atoms with Crippen molar-refractivity contribution >= 4 is 41.3 Å². The number of carbonyl (C=O) groups excluding carboxylic acids is 1. The zero-order valence-corrected chi connectivity index (χ0v) is 17.1. The van der Waals surface area contributed by atoms with Gasteiger partial charge in [-0.3, -0.25) is 4.79 Å². The van der Waals surface area contributed by atoms with E-state index in [-0.39, 0.29) is 18.3 Å². The second-order valence-corrected chi connectivity index (χ2v) is 6.01. The van der Waals surface area contributed by atoms with Crippen LogP contribution in [0, 0.1) is 0 Å². The monoisotopic (exact) mass is 414 g/mol. The van der Waals surface area contributed by atoms with Gasteiger partial charge in [0.1, 0.15) is 5.75 Å². The molecule has 148 valence electrons. The summed E-state index contributed by atoms with van der Waals surface area (Å²) < 4.78 is 16.2. The maximum atomic E-state index is 12.6. The van der Waals surface area contributed by atoms with E-state index in [0.717, 1.165) is 12.8 Å². The number of nitrogens with one attached hydrogen (secondary N) is 1. The Morgan fingerprint density at radius 2 is 1.93 bits per heavy atom. The van der Waals surface area contributed by atoms with E-state index in [4.69, 9.17) is 31.5 Å². The second-order valence-electron chi connectivity index (χ2n) is 5.60. The highest BCUT2D eigenvalue weighted by molar-refractivity contribution is 6.32. The predicted molar refractivity (Wildman–Crippen MR) is 111 cm³/mol. The molecular formula is C19H24Cl2N2O4. The summed E-state index contributed by atoms with van der Waals surface area (Å²) in [6, 6.07) is 8.14. The molecule has 3 N–H and O–H groups in total. The Labute approximate surface area is 170 Å². The molecule has 0 aliphatic rings. The van der Waals surface area contributed by atoms with Crippen LogP contribution >= 0.6 is 24.0 Å². The summed E-state index contributed by atoms with van der Waals surface area (Å²) in [5.74, 6) is 1.05. The van der Waals surface area contributed by atoms with Gasteiger partial charge in [0, 0.05) is 11.6 Å². The highest BCUT2D eigenvalue weighted by Gasteiger charge is 2.17. The molecule has 0 bridgehead atoms. The molecule has 0 aromatic heterocycles. The highest BCUT2D eigenvalue weighted by Crippen LogP contribution is 2.37. The number of methoxy groups -OCH3 is 2. The molecule has 0 radical (unpaired) electrons. The summed E-state index contributed by atoms with van der Waals surface area (Å²) >= 11 is 6.29. The molecule has 2 aromatic rings. The topological polar surface area (TPSA) is 82.8 Å². The molecule has 0 spiro atoms. The lowest BCUT2D eigenvalue weighted by atomic mass is 10.1. The lowest BCUT2D eigenvalue weighted by Crippen LogP contribution is -2.14. The van der Waals surface area contributed by atoms with E-state index < -0.39 is 0 Å². The first kappa shape index (κ1) is 22.7. The molecule has 0 saturated carbocycles. The zero-order valence-electron chi connectivity index (χ0n) is 15.5. The van der Waals surface area contributed by atoms with Crippen molar-refractivity contribution in [3.63, 3.8) is 0 Å². The number of benzene rings is 2. The van der Waals surface area contributed by atoms with Crippen molar-refractivity contribution in [1.29, 1.82) is 0 Å². The van der Waals surface area contributed by atoms with E-state index in [9.17, 15) is 4.79 Å². The van der Waals surface area contributed by atoms with Gasteiger partial charge in [0.15, 0.2) is 11.5 Å². The third-order valence-corrected chi connectivity index (χ3v) is 4.03. The Balaban J connectivity index is 0.00000364. The number of ether oxygens (including phenoxy) is 3. The lowest BCUT2D eigenvalue weighted by Gasteiger charge is -2.15. The van der Waals surface area contributed by atoms with Gasteiger partial charge in [0.25, 0.3) is 5.91 Å². The Bertz CT molecular complexity index is 785. The number of hydrogen-bond acceptors (Lipinski definition) is 5. The quantitative estimate of drug-likeness (QED) is 0.478. The van der Waals surface area contributed by atoms with Crippen LogP contribution in [0.15, 0.2) is 30.3 Å². The van der Waals surface area contributed by atoms with Gasteiger partial charge in [-0.2, -0.15) is 0 Å². The van der Waals surface area contributed by atoms with Crippen LogP contribution in [0.4, 0.5) is 11.4 Å². The van der Waals surface area contributed by atoms with Crippen LogP contribution in [0.2, 0.25) is 5.02 Å². The molecule has 0 aliphatic carbocycles. The highest BCUT2D eigenvalue weighted by atomic mass is 35.5. The molecule has 27 heavy (non-hydrogen) atoms. The molecule has 0 aliphatic heterocycles. The van der Waals surface area contributed by atoms with Crippen LogP contribution in [-0.2, 0) is 0 Å². The van der Waals surface area contributed by atoms with Crippen LogP contribution in [0.5, 0.6) is 17.2 Å². The molecule has 0 atom stereocenters. The van der Waals surface area contributed by atoms with Crippen LogP contribution in [-0.4, -0.2) is 26.7 Å². The van der Waals surface area contributed by atoms with Gasteiger partial charge in [0.2, 0.25) is 0 Å². The van der Waals surface area contributed by atoms with Gasteiger partial charge in [-0.15, -0.1) is 12.4 Å². The minimum atomic E-state index is -0.370. The minimum Gasteiger partial charge on any atom is -0.497 e. The van der Waals surface area contributed by atoms with Crippen molar-refractivity contribution in [3.05, 3.63) is 40.9 Å². The first-order valence-electron chi connectivity index (χ1n) is 8.25. The zero-order chi connectivity index (χ0) is 19.1. The predicted octanol–water partition coefficient (Wildman–Crippen LogP) is 4.79. The number of nitrogens with two attached hydrogens (primary N) is 1. The molecule has 0 unspecified atom stereocenters. The van der Waals surface area contributed by atoms with Crippen molar-refractivity contribution in [2.45, 2.75) is 19.8 Å². The Morgan fingerprint density at radius 1 is 1.19 bits per heavy atom. The number of carbonyl (C=O) groups is 1. The van der Waals surface area contributed by atoms with E-state index in [1.54, 1.807) is 31.4 Å². The molecule has 0 heterocycles. The number of halogens is 2. The van der Waals surface area contributed by atoms with Crippen molar-refractivity contribution in [2.75, 3.05) is 31.9 Å². The largest absolute Gasteiger partial charge is 0.497 e. The van der Waals surface area contributed by atoms with Crippen LogP contribution in [0.1, 0.15) is 30.1 Å². The average molecular weight is 415 g/mol. The third-order valence-electron chi connectivity index (χ3n) is 3.74. The van der Waals surface area contributed by atoms with Crippen LogP contribution in [0.25, 0.3) is 0 Å². The second kappa shape index (κ2) is 10.7. The van der Waals surface area contributed by atoms with Crippen molar-refractivity contribution < 1.29 is 19.0 Å². The Morgan fingerprint density at radius 3 is 2.56 bits per heavy atom. The van der Waals surface area contributed by atoms with Gasteiger partial charge in [-0.05, 0) is 30.7 Å². The minimum absolute atomic E-state index is 0. The molecule has 0 saturated heterocycles. The number of anilines is 2. The maximum absolute atomic E-state index is 12.6. The van der Waals surface area contributed by atoms with E-state index in [1.807, 2.05) is 0 Å². The summed E-state index contributed by atoms with van der Waals surface area (Å²) in [7, 11) is 3.04. The number of hydrogen-bond donors (Lipinski definition) is 2. The van der Waals surface area contributed by atoms with Crippen molar-refractivity contribution in [1.82, 2.24) is 0 Å². The molecule has 2 rings (SSSR count). The van der Waals surface area contributed by atoms with Crippen molar-refractivity contribution in [3.8, 4) is 17.2 Å². The molecular weight excluding hydrogens is 391 g/mol. The van der Waals surface area contributed by atoms with Crippen LogP contribution in [0.3, 0.4) is 0 Å². The molecule has 6 nitrogen and oxygen atoms in total. The van der Waals surface area contributed by atoms with Crippen molar-refractivity contribution in [2.24, 2.45) is 0 Å². The SMILES string of the molecule is CCCCOc1c(Cl)cc(C(=O)Nc2cc(OC)ccc2N)cc1OC.Cl. The summed E-state index contributed by atoms with van der Waals surface area (Å²) in [5, 5.41) is 3.06. The van der Waals surface area contributed by atoms with Gasteiger partial charge in [-0.25, -0.2) is 0 Å². The van der Waals surface area contributed by atoms with Gasteiger partial charge < -0.3 is 25.3 Å². The van der Waals surface area contributed by atoms with E-state index in [1.165, 1.54) is 13.2 Å². The first-order valence-corrected chi connectivity index (χ1v) is 8.63. The molecule has 0 fully saturated rings. The smallest absolute Gasteiger partial charge is 0.255 e. The van der Waals surface area contributed by atoms with Gasteiger partial charge in [0.05, 0.1) is 37.2 Å². The summed E-state index contributed by atoms with van der Waals surface area (Å²) in [5.41, 5.74) is 7.12. The first-order chi connectivity index (χ1) is 12.5. The standard InChI is InChI=1S/C19H23ClN2O4.ClH/c1-4-5-8-26-18-14(20)9-12(10-17(18)25-3)19(23)22-16-11-13(24-2)6-7-15(16)21;/h6-7,9-11H,4-5,8,21H2,1-3H3,(H,22,23);1H. The summed E-state index contributed by atoms with van der Waals surface area (Å²) in [6.45, 7) is 2.60. The molecule has 8 heteroatoms. The third kappa shape index (κ3) is 5.84. The fourth-order valence-electron chi connectivity index (χ4n) is 2.27. The van der Waals surface area contributed by atoms with E-state index >= 15 is 0 Å². The number of rotatable bonds is 8. The Kier molecular flexibility index (Phi) is 9.05. The van der Waals surface area contributed by atoms with E-state index in [2.05, 4.69) is 12.2 Å². The fraction of sp³-hybridized carbons (Fsp3) is 0.316. The van der Waals surface area contributed by atoms with E-state index in [0.29, 0.717) is 45.8 Å². The fourth-order valence-corrected chi connectivity index (χ4v) is 2.54. The normalized spacial score (nSPS) is 9.93. The number of unbranched alkanes of at least 4 members (excludes halogenated alkanes) is 1. The number of nitrogen functional groups attached to an aromatic ring is 1. The lowest BCUT2D eigenvalue weighted by molar-refractivity contribution is 0.102. The molecule has 1 amide bonds. The van der Waals surface area contributed by atoms with Crippen LogP contribution < -0.4 is 25.3 Å². The van der Waals surface area contributed by atoms with Gasteiger partial charge >= 0.3 is 0 Å². The molecule has 2 aromatic carbocycles. The van der Waals surface area contributed by atoms with Gasteiger partial charge in [-0.1, -0.05) is 24.9 Å². The average Bonchev–Trinajstić information content (AvgIpc) is 2.64. The maximum Gasteiger partial charge on any atom is 0.255 e. The Hall–Kier alpha value is -2.31.